The largest absolute Gasteiger partial charge is 0.327 e. The Morgan fingerprint density at radius 2 is 2.00 bits per heavy atom. The van der Waals surface area contributed by atoms with Crippen molar-refractivity contribution >= 4 is 20.9 Å². The zero-order valence-electron chi connectivity index (χ0n) is 14.6. The fourth-order valence-electron chi connectivity index (χ4n) is 3.74. The van der Waals surface area contributed by atoms with E-state index in [4.69, 9.17) is 4.98 Å². The highest BCUT2D eigenvalue weighted by Gasteiger charge is 2.30. The minimum Gasteiger partial charge on any atom is -0.327 e. The second-order valence-electron chi connectivity index (χ2n) is 6.55. The maximum absolute atomic E-state index is 12.0. The molecular weight excluding hydrogens is 322 g/mol. The number of imidazole rings is 1. The quantitative estimate of drug-likeness (QED) is 0.771. The number of hydrogen-bond donors (Lipinski definition) is 0. The third-order valence-electron chi connectivity index (χ3n) is 4.87. The van der Waals surface area contributed by atoms with E-state index in [-0.39, 0.29) is 11.8 Å². The normalized spacial score (nSPS) is 19.3. The molecule has 1 saturated heterocycles. The summed E-state index contributed by atoms with van der Waals surface area (Å²) in [5, 5.41) is 0. The van der Waals surface area contributed by atoms with Gasteiger partial charge in [-0.2, -0.15) is 0 Å². The van der Waals surface area contributed by atoms with E-state index in [0.29, 0.717) is 18.7 Å². The Hall–Kier alpha value is -1.40. The van der Waals surface area contributed by atoms with Gasteiger partial charge in [0, 0.05) is 18.8 Å². The minimum absolute atomic E-state index is 0.231. The van der Waals surface area contributed by atoms with Crippen molar-refractivity contribution in [2.45, 2.75) is 45.7 Å². The number of aryl methyl sites for hydroxylation is 1. The summed E-state index contributed by atoms with van der Waals surface area (Å²) in [5.41, 5.74) is 2.19. The third kappa shape index (κ3) is 3.49. The lowest BCUT2D eigenvalue weighted by molar-refractivity contribution is 0.258. The SMILES string of the molecule is CCCS(=O)(=O)CCN1CCC[C@@H]1c1nc2ccccc2n1CC. The highest BCUT2D eigenvalue weighted by atomic mass is 32.2. The van der Waals surface area contributed by atoms with Gasteiger partial charge in [-0.3, -0.25) is 4.90 Å². The third-order valence-corrected chi connectivity index (χ3v) is 6.70. The van der Waals surface area contributed by atoms with Gasteiger partial charge in [0.15, 0.2) is 9.84 Å². The summed E-state index contributed by atoms with van der Waals surface area (Å²) < 4.78 is 26.4. The van der Waals surface area contributed by atoms with Crippen LogP contribution in [-0.2, 0) is 16.4 Å². The van der Waals surface area contributed by atoms with Gasteiger partial charge in [-0.15, -0.1) is 0 Å². The van der Waals surface area contributed by atoms with Crippen molar-refractivity contribution in [1.82, 2.24) is 14.5 Å². The van der Waals surface area contributed by atoms with Crippen LogP contribution >= 0.6 is 0 Å². The fraction of sp³-hybridized carbons (Fsp3) is 0.611. The molecule has 3 rings (SSSR count). The molecule has 0 amide bonds. The lowest BCUT2D eigenvalue weighted by atomic mass is 10.2. The van der Waals surface area contributed by atoms with Gasteiger partial charge < -0.3 is 4.57 Å². The average Bonchev–Trinajstić information content (AvgIpc) is 3.16. The number of aromatic nitrogens is 2. The molecule has 0 saturated carbocycles. The molecule has 5 nitrogen and oxygen atoms in total. The number of fused-ring (bicyclic) bond motifs is 1. The topological polar surface area (TPSA) is 55.2 Å². The number of benzene rings is 1. The van der Waals surface area contributed by atoms with Crippen molar-refractivity contribution in [3.63, 3.8) is 0 Å². The Labute approximate surface area is 144 Å². The summed E-state index contributed by atoms with van der Waals surface area (Å²) in [7, 11) is -2.93. The molecule has 0 radical (unpaired) electrons. The van der Waals surface area contributed by atoms with Crippen LogP contribution in [-0.4, -0.2) is 47.5 Å². The molecule has 1 atom stereocenters. The van der Waals surface area contributed by atoms with Crippen molar-refractivity contribution in [3.8, 4) is 0 Å². The van der Waals surface area contributed by atoms with Crippen molar-refractivity contribution < 1.29 is 8.42 Å². The van der Waals surface area contributed by atoms with E-state index in [0.717, 1.165) is 37.3 Å². The van der Waals surface area contributed by atoms with Gasteiger partial charge in [-0.25, -0.2) is 13.4 Å². The smallest absolute Gasteiger partial charge is 0.151 e. The van der Waals surface area contributed by atoms with Crippen LogP contribution in [0.4, 0.5) is 0 Å². The number of likely N-dealkylation sites (tertiary alicyclic amines) is 1. The second kappa shape index (κ2) is 7.23. The van der Waals surface area contributed by atoms with Crippen LogP contribution in [0.5, 0.6) is 0 Å². The van der Waals surface area contributed by atoms with Crippen LogP contribution < -0.4 is 0 Å². The second-order valence-corrected chi connectivity index (χ2v) is 8.85. The molecule has 1 aromatic carbocycles. The molecule has 132 valence electrons. The summed E-state index contributed by atoms with van der Waals surface area (Å²) >= 11 is 0. The van der Waals surface area contributed by atoms with Crippen LogP contribution in [0.15, 0.2) is 24.3 Å². The van der Waals surface area contributed by atoms with Crippen LogP contribution in [0.3, 0.4) is 0 Å². The molecule has 2 heterocycles. The first-order chi connectivity index (χ1) is 11.6. The molecule has 1 aliphatic rings. The van der Waals surface area contributed by atoms with E-state index in [1.54, 1.807) is 0 Å². The Morgan fingerprint density at radius 1 is 1.21 bits per heavy atom. The summed E-state index contributed by atoms with van der Waals surface area (Å²) in [6.45, 7) is 6.51. The first-order valence-electron chi connectivity index (χ1n) is 8.95. The van der Waals surface area contributed by atoms with Crippen LogP contribution in [0, 0.1) is 0 Å². The Kier molecular flexibility index (Phi) is 5.25. The molecule has 1 aromatic heterocycles. The van der Waals surface area contributed by atoms with Gasteiger partial charge in [-0.1, -0.05) is 19.1 Å². The minimum atomic E-state index is -2.93. The standard InChI is InChI=1S/C18H27N3O2S/c1-3-13-24(22,23)14-12-20-11-7-10-17(20)18-19-15-8-5-6-9-16(15)21(18)4-2/h5-6,8-9,17H,3-4,7,10-14H2,1-2H3/t17-/m1/s1. The molecule has 1 aliphatic heterocycles. The zero-order valence-corrected chi connectivity index (χ0v) is 15.4. The predicted molar refractivity (Wildman–Crippen MR) is 97.9 cm³/mol. The first kappa shape index (κ1) is 17.4. The lowest BCUT2D eigenvalue weighted by Crippen LogP contribution is -2.31. The van der Waals surface area contributed by atoms with E-state index < -0.39 is 9.84 Å². The Balaban J connectivity index is 1.83. The summed E-state index contributed by atoms with van der Waals surface area (Å²) in [6, 6.07) is 8.46. The predicted octanol–water partition coefficient (Wildman–Crippen LogP) is 3.02. The summed E-state index contributed by atoms with van der Waals surface area (Å²) in [6.07, 6.45) is 2.85. The molecule has 24 heavy (non-hydrogen) atoms. The molecule has 1 fully saturated rings. The van der Waals surface area contributed by atoms with Crippen LogP contribution in [0.1, 0.15) is 45.0 Å². The first-order valence-corrected chi connectivity index (χ1v) is 10.8. The zero-order chi connectivity index (χ0) is 17.2. The van der Waals surface area contributed by atoms with E-state index in [1.165, 1.54) is 5.52 Å². The summed E-state index contributed by atoms with van der Waals surface area (Å²) in [4.78, 5) is 7.17. The van der Waals surface area contributed by atoms with E-state index in [9.17, 15) is 8.42 Å². The molecule has 0 unspecified atom stereocenters. The molecule has 0 bridgehead atoms. The summed E-state index contributed by atoms with van der Waals surface area (Å²) in [5.74, 6) is 1.63. The molecular formula is C18H27N3O2S. The van der Waals surface area contributed by atoms with Crippen molar-refractivity contribution in [3.05, 3.63) is 30.1 Å². The molecule has 0 spiro atoms. The van der Waals surface area contributed by atoms with E-state index in [2.05, 4.69) is 28.5 Å². The number of sulfone groups is 1. The van der Waals surface area contributed by atoms with E-state index >= 15 is 0 Å². The molecule has 2 aromatic rings. The maximum Gasteiger partial charge on any atom is 0.151 e. The van der Waals surface area contributed by atoms with Gasteiger partial charge in [0.25, 0.3) is 0 Å². The molecule has 0 aliphatic carbocycles. The maximum atomic E-state index is 12.0. The van der Waals surface area contributed by atoms with Gasteiger partial charge in [-0.05, 0) is 44.9 Å². The number of nitrogens with zero attached hydrogens (tertiary/aromatic N) is 3. The van der Waals surface area contributed by atoms with Gasteiger partial charge in [0.2, 0.25) is 0 Å². The van der Waals surface area contributed by atoms with Crippen molar-refractivity contribution in [2.75, 3.05) is 24.6 Å². The Morgan fingerprint density at radius 3 is 2.75 bits per heavy atom. The highest BCUT2D eigenvalue weighted by molar-refractivity contribution is 7.91. The molecule has 0 N–H and O–H groups in total. The number of rotatable bonds is 7. The Bertz CT molecular complexity index is 798. The molecule has 6 heteroatoms. The van der Waals surface area contributed by atoms with Crippen molar-refractivity contribution in [2.24, 2.45) is 0 Å². The number of para-hydroxylation sites is 2. The van der Waals surface area contributed by atoms with E-state index in [1.807, 2.05) is 19.1 Å². The lowest BCUT2D eigenvalue weighted by Gasteiger charge is -2.24. The monoisotopic (exact) mass is 349 g/mol. The van der Waals surface area contributed by atoms with Crippen LogP contribution in [0.2, 0.25) is 0 Å². The highest BCUT2D eigenvalue weighted by Crippen LogP contribution is 2.33. The van der Waals surface area contributed by atoms with Gasteiger partial charge in [0.05, 0.1) is 22.8 Å². The van der Waals surface area contributed by atoms with Crippen molar-refractivity contribution in [1.29, 1.82) is 0 Å². The van der Waals surface area contributed by atoms with Gasteiger partial charge >= 0.3 is 0 Å². The average molecular weight is 350 g/mol. The van der Waals surface area contributed by atoms with Gasteiger partial charge in [0.1, 0.15) is 5.82 Å². The number of hydrogen-bond acceptors (Lipinski definition) is 4. The fourth-order valence-corrected chi connectivity index (χ4v) is 5.08. The van der Waals surface area contributed by atoms with Crippen LogP contribution in [0.25, 0.3) is 11.0 Å².